The SMILES string of the molecule is CC1CCN(C(=O)C2CNC(=O)C2)C(CN)C1.Cl. The van der Waals surface area contributed by atoms with Crippen LogP contribution >= 0.6 is 12.4 Å². The molecule has 3 atom stereocenters. The molecule has 0 saturated carbocycles. The number of nitrogens with zero attached hydrogens (tertiary/aromatic N) is 1. The second-order valence-electron chi connectivity index (χ2n) is 5.26. The van der Waals surface area contributed by atoms with Crippen molar-refractivity contribution in [2.75, 3.05) is 19.6 Å². The van der Waals surface area contributed by atoms with Crippen LogP contribution in [-0.4, -0.2) is 42.4 Å². The fourth-order valence-corrected chi connectivity index (χ4v) is 2.78. The first-order chi connectivity index (χ1) is 8.11. The molecule has 3 N–H and O–H groups in total. The number of amides is 2. The van der Waals surface area contributed by atoms with Crippen LogP contribution < -0.4 is 11.1 Å². The molecule has 5 nitrogen and oxygen atoms in total. The van der Waals surface area contributed by atoms with Gasteiger partial charge in [0.1, 0.15) is 0 Å². The van der Waals surface area contributed by atoms with Crippen LogP contribution in [0.4, 0.5) is 0 Å². The van der Waals surface area contributed by atoms with Crippen molar-refractivity contribution in [3.63, 3.8) is 0 Å². The fourth-order valence-electron chi connectivity index (χ4n) is 2.78. The molecule has 0 aliphatic carbocycles. The summed E-state index contributed by atoms with van der Waals surface area (Å²) in [4.78, 5) is 25.3. The minimum atomic E-state index is -0.176. The summed E-state index contributed by atoms with van der Waals surface area (Å²) >= 11 is 0. The number of carbonyl (C=O) groups excluding carboxylic acids is 2. The van der Waals surface area contributed by atoms with E-state index in [0.717, 1.165) is 19.4 Å². The van der Waals surface area contributed by atoms with E-state index in [9.17, 15) is 9.59 Å². The first-order valence-corrected chi connectivity index (χ1v) is 6.39. The maximum absolute atomic E-state index is 12.3. The van der Waals surface area contributed by atoms with Gasteiger partial charge in [0.2, 0.25) is 11.8 Å². The minimum Gasteiger partial charge on any atom is -0.355 e. The molecular weight excluding hydrogens is 254 g/mol. The first kappa shape index (κ1) is 15.2. The summed E-state index contributed by atoms with van der Waals surface area (Å²) in [5.41, 5.74) is 5.74. The van der Waals surface area contributed by atoms with E-state index < -0.39 is 0 Å². The van der Waals surface area contributed by atoms with Gasteiger partial charge in [0.25, 0.3) is 0 Å². The molecule has 2 heterocycles. The molecule has 6 heteroatoms. The second kappa shape index (κ2) is 6.38. The van der Waals surface area contributed by atoms with E-state index in [1.165, 1.54) is 0 Å². The molecule has 0 aromatic carbocycles. The van der Waals surface area contributed by atoms with Crippen LogP contribution in [0.2, 0.25) is 0 Å². The van der Waals surface area contributed by atoms with Crippen LogP contribution in [0.25, 0.3) is 0 Å². The van der Waals surface area contributed by atoms with Crippen LogP contribution in [0, 0.1) is 11.8 Å². The molecule has 0 radical (unpaired) electrons. The number of hydrogen-bond acceptors (Lipinski definition) is 3. The van der Waals surface area contributed by atoms with Crippen molar-refractivity contribution in [2.24, 2.45) is 17.6 Å². The molecule has 0 spiro atoms. The molecule has 2 saturated heterocycles. The topological polar surface area (TPSA) is 75.4 Å². The number of likely N-dealkylation sites (tertiary alicyclic amines) is 1. The van der Waals surface area contributed by atoms with E-state index in [1.807, 2.05) is 4.90 Å². The Bertz CT molecular complexity index is 324. The number of rotatable bonds is 2. The number of carbonyl (C=O) groups is 2. The van der Waals surface area contributed by atoms with Crippen LogP contribution in [-0.2, 0) is 9.59 Å². The number of nitrogens with two attached hydrogens (primary N) is 1. The lowest BCUT2D eigenvalue weighted by atomic mass is 9.91. The highest BCUT2D eigenvalue weighted by molar-refractivity contribution is 5.89. The number of piperidine rings is 1. The van der Waals surface area contributed by atoms with E-state index in [0.29, 0.717) is 25.4 Å². The lowest BCUT2D eigenvalue weighted by molar-refractivity contribution is -0.139. The minimum absolute atomic E-state index is 0. The van der Waals surface area contributed by atoms with Crippen molar-refractivity contribution in [1.29, 1.82) is 0 Å². The Morgan fingerprint density at radius 3 is 2.83 bits per heavy atom. The maximum atomic E-state index is 12.3. The van der Waals surface area contributed by atoms with Crippen molar-refractivity contribution in [2.45, 2.75) is 32.2 Å². The van der Waals surface area contributed by atoms with E-state index >= 15 is 0 Å². The molecule has 18 heavy (non-hydrogen) atoms. The van der Waals surface area contributed by atoms with Crippen molar-refractivity contribution in [3.8, 4) is 0 Å². The molecule has 0 bridgehead atoms. The van der Waals surface area contributed by atoms with Gasteiger partial charge in [-0.25, -0.2) is 0 Å². The Morgan fingerprint density at radius 1 is 1.56 bits per heavy atom. The van der Waals surface area contributed by atoms with Gasteiger partial charge in [0.05, 0.1) is 5.92 Å². The first-order valence-electron chi connectivity index (χ1n) is 6.39. The smallest absolute Gasteiger partial charge is 0.228 e. The Kier molecular flexibility index (Phi) is 5.41. The Hall–Kier alpha value is -0.810. The van der Waals surface area contributed by atoms with Crippen LogP contribution in [0.1, 0.15) is 26.2 Å². The van der Waals surface area contributed by atoms with Gasteiger partial charge in [-0.05, 0) is 18.8 Å². The molecule has 0 aromatic heterocycles. The fraction of sp³-hybridized carbons (Fsp3) is 0.833. The summed E-state index contributed by atoms with van der Waals surface area (Å²) in [6, 6.07) is 0.155. The quantitative estimate of drug-likeness (QED) is 0.752. The predicted octanol–water partition coefficient (Wildman–Crippen LogP) is 0.130. The Labute approximate surface area is 114 Å². The molecule has 3 unspecified atom stereocenters. The Balaban J connectivity index is 0.00000162. The lowest BCUT2D eigenvalue weighted by Crippen LogP contribution is -2.51. The molecule has 2 rings (SSSR count). The summed E-state index contributed by atoms with van der Waals surface area (Å²) in [7, 11) is 0. The lowest BCUT2D eigenvalue weighted by Gasteiger charge is -2.39. The van der Waals surface area contributed by atoms with Gasteiger partial charge in [0.15, 0.2) is 0 Å². The van der Waals surface area contributed by atoms with Gasteiger partial charge in [-0.1, -0.05) is 6.92 Å². The van der Waals surface area contributed by atoms with Gasteiger partial charge >= 0.3 is 0 Å². The maximum Gasteiger partial charge on any atom is 0.228 e. The summed E-state index contributed by atoms with van der Waals surface area (Å²) < 4.78 is 0. The molecule has 2 amide bonds. The van der Waals surface area contributed by atoms with E-state index in [-0.39, 0.29) is 36.2 Å². The van der Waals surface area contributed by atoms with Gasteiger partial charge in [-0.15, -0.1) is 12.4 Å². The molecule has 104 valence electrons. The van der Waals surface area contributed by atoms with Gasteiger partial charge < -0.3 is 16.0 Å². The van der Waals surface area contributed by atoms with Gasteiger partial charge in [0, 0.05) is 32.1 Å². The number of halogens is 1. The molecule has 2 fully saturated rings. The zero-order valence-corrected chi connectivity index (χ0v) is 11.5. The molecule has 2 aliphatic heterocycles. The van der Waals surface area contributed by atoms with Gasteiger partial charge in [-0.2, -0.15) is 0 Å². The second-order valence-corrected chi connectivity index (χ2v) is 5.26. The average molecular weight is 276 g/mol. The molecule has 0 aromatic rings. The zero-order chi connectivity index (χ0) is 12.4. The van der Waals surface area contributed by atoms with E-state index in [1.54, 1.807) is 0 Å². The average Bonchev–Trinajstić information content (AvgIpc) is 2.75. The summed E-state index contributed by atoms with van der Waals surface area (Å²) in [6.45, 7) is 3.99. The summed E-state index contributed by atoms with van der Waals surface area (Å²) in [5.74, 6) is 0.546. The van der Waals surface area contributed by atoms with Crippen molar-refractivity contribution in [3.05, 3.63) is 0 Å². The van der Waals surface area contributed by atoms with Crippen molar-refractivity contribution >= 4 is 24.2 Å². The molecular formula is C12H22ClN3O2. The number of nitrogens with one attached hydrogen (secondary N) is 1. The van der Waals surface area contributed by atoms with Gasteiger partial charge in [-0.3, -0.25) is 9.59 Å². The highest BCUT2D eigenvalue weighted by Crippen LogP contribution is 2.24. The zero-order valence-electron chi connectivity index (χ0n) is 10.7. The normalized spacial score (nSPS) is 31.8. The van der Waals surface area contributed by atoms with Crippen LogP contribution in [0.15, 0.2) is 0 Å². The highest BCUT2D eigenvalue weighted by Gasteiger charge is 2.36. The Morgan fingerprint density at radius 2 is 2.28 bits per heavy atom. The summed E-state index contributed by atoms with van der Waals surface area (Å²) in [5, 5.41) is 2.71. The van der Waals surface area contributed by atoms with E-state index in [2.05, 4.69) is 12.2 Å². The standard InChI is InChI=1S/C12H21N3O2.ClH/c1-8-2-3-15(10(4-8)6-13)12(17)9-5-11(16)14-7-9;/h8-10H,2-7,13H2,1H3,(H,14,16);1H. The highest BCUT2D eigenvalue weighted by atomic mass is 35.5. The monoisotopic (exact) mass is 275 g/mol. The predicted molar refractivity (Wildman–Crippen MR) is 71.3 cm³/mol. The van der Waals surface area contributed by atoms with Crippen molar-refractivity contribution in [1.82, 2.24) is 10.2 Å². The summed E-state index contributed by atoms with van der Waals surface area (Å²) in [6.07, 6.45) is 2.36. The number of hydrogen-bond donors (Lipinski definition) is 2. The van der Waals surface area contributed by atoms with E-state index in [4.69, 9.17) is 5.73 Å². The third kappa shape index (κ3) is 3.14. The molecule has 2 aliphatic rings. The third-order valence-corrected chi connectivity index (χ3v) is 3.86. The van der Waals surface area contributed by atoms with Crippen LogP contribution in [0.3, 0.4) is 0 Å². The van der Waals surface area contributed by atoms with Crippen LogP contribution in [0.5, 0.6) is 0 Å². The van der Waals surface area contributed by atoms with Crippen molar-refractivity contribution < 1.29 is 9.59 Å². The third-order valence-electron chi connectivity index (χ3n) is 3.86. The largest absolute Gasteiger partial charge is 0.355 e.